The minimum absolute atomic E-state index is 0.0334. The van der Waals surface area contributed by atoms with E-state index in [9.17, 15) is 22.8 Å². The molecule has 12 heteroatoms. The molecule has 0 saturated carbocycles. The normalized spacial score (nSPS) is 16.9. The number of anilines is 1. The van der Waals surface area contributed by atoms with Crippen LogP contribution in [0.4, 0.5) is 10.5 Å². The Bertz CT molecular complexity index is 1310. The first kappa shape index (κ1) is 25.7. The fraction of sp³-hybridized carbons (Fsp3) is 0.304. The molecule has 35 heavy (non-hydrogen) atoms. The van der Waals surface area contributed by atoms with Gasteiger partial charge in [-0.3, -0.25) is 15.0 Å². The summed E-state index contributed by atoms with van der Waals surface area (Å²) >= 11 is 0. The molecule has 1 aliphatic heterocycles. The van der Waals surface area contributed by atoms with Crippen molar-refractivity contribution in [3.63, 3.8) is 0 Å². The highest BCUT2D eigenvalue weighted by atomic mass is 32.2. The lowest BCUT2D eigenvalue weighted by atomic mass is 10.1. The lowest BCUT2D eigenvalue weighted by molar-refractivity contribution is -0.120. The first-order chi connectivity index (χ1) is 16.3. The van der Waals surface area contributed by atoms with E-state index in [0.29, 0.717) is 11.1 Å². The van der Waals surface area contributed by atoms with Crippen molar-refractivity contribution < 1.29 is 27.5 Å². The summed E-state index contributed by atoms with van der Waals surface area (Å²) in [6.45, 7) is 4.81. The quantitative estimate of drug-likeness (QED) is 0.321. The molecule has 1 heterocycles. The predicted molar refractivity (Wildman–Crippen MR) is 126 cm³/mol. The van der Waals surface area contributed by atoms with Crippen LogP contribution in [0.25, 0.3) is 0 Å². The maximum absolute atomic E-state index is 13.6. The van der Waals surface area contributed by atoms with Crippen LogP contribution in [-0.4, -0.2) is 43.7 Å². The molecule has 0 bridgehead atoms. The Hall–Kier alpha value is -3.95. The van der Waals surface area contributed by atoms with Gasteiger partial charge in [0.15, 0.2) is 9.84 Å². The van der Waals surface area contributed by atoms with Gasteiger partial charge in [0.1, 0.15) is 11.6 Å². The SMILES string of the molecule is CC(C)(C)OC(=O)N[C@H]1CS(=O)(=O)c2ccc(C(=O)NN)cc2N(Cc2ccc(C#N)cc2)C1=O. The number of hydrazine groups is 1. The first-order valence-corrected chi connectivity index (χ1v) is 12.2. The number of carbonyl (C=O) groups is 3. The number of fused-ring (bicyclic) bond motifs is 1. The van der Waals surface area contributed by atoms with E-state index >= 15 is 0 Å². The van der Waals surface area contributed by atoms with Gasteiger partial charge in [-0.05, 0) is 56.7 Å². The van der Waals surface area contributed by atoms with Gasteiger partial charge < -0.3 is 15.0 Å². The van der Waals surface area contributed by atoms with E-state index < -0.39 is 45.1 Å². The van der Waals surface area contributed by atoms with Crippen LogP contribution < -0.4 is 21.5 Å². The molecule has 0 saturated heterocycles. The lowest BCUT2D eigenvalue weighted by Crippen LogP contribution is -2.51. The second kappa shape index (κ2) is 9.73. The van der Waals surface area contributed by atoms with E-state index in [1.807, 2.05) is 11.5 Å². The number of nitriles is 1. The molecule has 0 unspecified atom stereocenters. The summed E-state index contributed by atoms with van der Waals surface area (Å²) in [7, 11) is -4.07. The van der Waals surface area contributed by atoms with Crippen LogP contribution in [-0.2, 0) is 25.9 Å². The highest BCUT2D eigenvalue weighted by molar-refractivity contribution is 7.91. The van der Waals surface area contributed by atoms with Crippen molar-refractivity contribution in [2.45, 2.75) is 43.9 Å². The Kier molecular flexibility index (Phi) is 7.14. The van der Waals surface area contributed by atoms with Gasteiger partial charge >= 0.3 is 6.09 Å². The average molecular weight is 500 g/mol. The number of hydrogen-bond donors (Lipinski definition) is 3. The van der Waals surface area contributed by atoms with Crippen LogP contribution in [0.15, 0.2) is 47.4 Å². The molecular formula is C23H25N5O6S. The van der Waals surface area contributed by atoms with E-state index in [2.05, 4.69) is 5.32 Å². The van der Waals surface area contributed by atoms with Crippen LogP contribution in [0.3, 0.4) is 0 Å². The first-order valence-electron chi connectivity index (χ1n) is 10.5. The van der Waals surface area contributed by atoms with Gasteiger partial charge in [0, 0.05) is 5.56 Å². The summed E-state index contributed by atoms with van der Waals surface area (Å²) < 4.78 is 31.6. The van der Waals surface area contributed by atoms with Gasteiger partial charge in [-0.25, -0.2) is 19.1 Å². The molecule has 0 aliphatic carbocycles. The molecule has 1 aliphatic rings. The monoisotopic (exact) mass is 499 g/mol. The van der Waals surface area contributed by atoms with Crippen LogP contribution in [0.2, 0.25) is 0 Å². The topological polar surface area (TPSA) is 172 Å². The second-order valence-corrected chi connectivity index (χ2v) is 10.9. The summed E-state index contributed by atoms with van der Waals surface area (Å²) in [5, 5.41) is 11.4. The number of benzene rings is 2. The second-order valence-electron chi connectivity index (χ2n) is 8.87. The number of nitrogens with two attached hydrogens (primary N) is 1. The number of nitrogen functional groups attached to an aromatic ring is 1. The van der Waals surface area contributed by atoms with Crippen molar-refractivity contribution in [1.29, 1.82) is 5.26 Å². The summed E-state index contributed by atoms with van der Waals surface area (Å²) in [5.41, 5.74) is 2.11. The molecule has 3 amide bonds. The standard InChI is InChI=1S/C23H25N5O6S/c1-23(2,3)34-22(31)26-17-13-35(32,33)19-9-8-16(20(29)27-25)10-18(19)28(21(17)30)12-15-6-4-14(11-24)5-7-15/h4-10,17H,12-13,25H2,1-3H3,(H,26,31)(H,27,29)/t17-/m0/s1. The van der Waals surface area contributed by atoms with E-state index in [0.717, 1.165) is 0 Å². The van der Waals surface area contributed by atoms with Crippen molar-refractivity contribution in [2.75, 3.05) is 10.7 Å². The van der Waals surface area contributed by atoms with Crippen molar-refractivity contribution in [3.8, 4) is 6.07 Å². The number of rotatable bonds is 4. The Labute approximate surface area is 202 Å². The van der Waals surface area contributed by atoms with Gasteiger partial charge in [-0.2, -0.15) is 5.26 Å². The molecule has 3 rings (SSSR count). The number of amides is 3. The van der Waals surface area contributed by atoms with Gasteiger partial charge in [-0.15, -0.1) is 0 Å². The maximum Gasteiger partial charge on any atom is 0.408 e. The number of hydrogen-bond acceptors (Lipinski definition) is 8. The van der Waals surface area contributed by atoms with E-state index in [4.69, 9.17) is 15.8 Å². The van der Waals surface area contributed by atoms with Gasteiger partial charge in [-0.1, -0.05) is 12.1 Å². The highest BCUT2D eigenvalue weighted by Crippen LogP contribution is 2.33. The third-order valence-electron chi connectivity index (χ3n) is 5.04. The van der Waals surface area contributed by atoms with Crippen LogP contribution in [0.1, 0.15) is 42.3 Å². The zero-order chi connectivity index (χ0) is 26.0. The summed E-state index contributed by atoms with van der Waals surface area (Å²) in [5.74, 6) is 3.12. The Morgan fingerprint density at radius 1 is 1.20 bits per heavy atom. The molecule has 11 nitrogen and oxygen atoms in total. The minimum Gasteiger partial charge on any atom is -0.444 e. The highest BCUT2D eigenvalue weighted by Gasteiger charge is 2.39. The number of nitrogens with zero attached hydrogens (tertiary/aromatic N) is 2. The third-order valence-corrected chi connectivity index (χ3v) is 6.83. The van der Waals surface area contributed by atoms with Gasteiger partial charge in [0.25, 0.3) is 11.8 Å². The van der Waals surface area contributed by atoms with Crippen molar-refractivity contribution >= 4 is 33.4 Å². The molecule has 2 aromatic rings. The molecule has 2 aromatic carbocycles. The number of carbonyl (C=O) groups excluding carboxylic acids is 3. The largest absolute Gasteiger partial charge is 0.444 e. The maximum atomic E-state index is 13.6. The van der Waals surface area contributed by atoms with Crippen molar-refractivity contribution in [1.82, 2.24) is 10.7 Å². The summed E-state index contributed by atoms with van der Waals surface area (Å²) in [4.78, 5) is 39.1. The molecule has 0 spiro atoms. The smallest absolute Gasteiger partial charge is 0.408 e. The van der Waals surface area contributed by atoms with Crippen LogP contribution >= 0.6 is 0 Å². The third kappa shape index (κ3) is 5.95. The Morgan fingerprint density at radius 2 is 1.86 bits per heavy atom. The molecule has 0 radical (unpaired) electrons. The van der Waals surface area contributed by atoms with Crippen molar-refractivity contribution in [2.24, 2.45) is 5.84 Å². The Morgan fingerprint density at radius 3 is 2.43 bits per heavy atom. The zero-order valence-corrected chi connectivity index (χ0v) is 20.2. The lowest BCUT2D eigenvalue weighted by Gasteiger charge is -2.27. The number of alkyl carbamates (subject to hydrolysis) is 1. The molecule has 4 N–H and O–H groups in total. The number of ether oxygens (including phenoxy) is 1. The fourth-order valence-electron chi connectivity index (χ4n) is 3.49. The van der Waals surface area contributed by atoms with Crippen LogP contribution in [0, 0.1) is 11.3 Å². The molecule has 0 fully saturated rings. The zero-order valence-electron chi connectivity index (χ0n) is 19.4. The minimum atomic E-state index is -4.07. The predicted octanol–water partition coefficient (Wildman–Crippen LogP) is 1.38. The van der Waals surface area contributed by atoms with Crippen molar-refractivity contribution in [3.05, 3.63) is 59.2 Å². The molecule has 0 aromatic heterocycles. The van der Waals surface area contributed by atoms with Crippen LogP contribution in [0.5, 0.6) is 0 Å². The summed E-state index contributed by atoms with van der Waals surface area (Å²) in [6, 6.07) is 10.7. The van der Waals surface area contributed by atoms with Gasteiger partial charge in [0.2, 0.25) is 0 Å². The average Bonchev–Trinajstić information content (AvgIpc) is 2.86. The number of sulfone groups is 1. The summed E-state index contributed by atoms with van der Waals surface area (Å²) in [6.07, 6.45) is -0.946. The molecule has 184 valence electrons. The van der Waals surface area contributed by atoms with E-state index in [1.165, 1.54) is 23.1 Å². The fourth-order valence-corrected chi connectivity index (χ4v) is 5.09. The number of nitrogens with one attached hydrogen (secondary N) is 2. The van der Waals surface area contributed by atoms with Gasteiger partial charge in [0.05, 0.1) is 34.5 Å². The molecular weight excluding hydrogens is 474 g/mol. The molecule has 1 atom stereocenters. The van der Waals surface area contributed by atoms with E-state index in [-0.39, 0.29) is 22.7 Å². The Balaban J connectivity index is 2.10. The van der Waals surface area contributed by atoms with E-state index in [1.54, 1.807) is 45.0 Å².